The van der Waals surface area contributed by atoms with Crippen LogP contribution in [0.1, 0.15) is 44.9 Å². The lowest BCUT2D eigenvalue weighted by Crippen LogP contribution is -2.39. The van der Waals surface area contributed by atoms with Gasteiger partial charge in [0.15, 0.2) is 0 Å². The maximum Gasteiger partial charge on any atom is 0.0250 e. The fourth-order valence-electron chi connectivity index (χ4n) is 3.70. The molecule has 2 heteroatoms. The molecule has 90 valence electrons. The van der Waals surface area contributed by atoms with E-state index in [4.69, 9.17) is 0 Å². The highest BCUT2D eigenvalue weighted by molar-refractivity contribution is 5.07. The molecule has 3 aliphatic rings. The first kappa shape index (κ1) is 10.8. The molecule has 0 aromatic rings. The van der Waals surface area contributed by atoms with Crippen LogP contribution >= 0.6 is 0 Å². The van der Waals surface area contributed by atoms with Gasteiger partial charge in [0.2, 0.25) is 0 Å². The summed E-state index contributed by atoms with van der Waals surface area (Å²) in [4.78, 5) is 2.69. The summed E-state index contributed by atoms with van der Waals surface area (Å²) >= 11 is 0. The first-order chi connectivity index (χ1) is 7.93. The molecule has 0 radical (unpaired) electrons. The number of nitrogens with one attached hydrogen (secondary N) is 1. The molecule has 1 aliphatic carbocycles. The number of allylic oxidation sites excluding steroid dienone is 1. The van der Waals surface area contributed by atoms with Crippen LogP contribution in [0.15, 0.2) is 11.6 Å². The fraction of sp³-hybridized carbons (Fsp3) is 0.857. The van der Waals surface area contributed by atoms with E-state index >= 15 is 0 Å². The first-order valence-electron chi connectivity index (χ1n) is 7.09. The van der Waals surface area contributed by atoms with Gasteiger partial charge >= 0.3 is 0 Å². The zero-order valence-corrected chi connectivity index (χ0v) is 10.3. The van der Waals surface area contributed by atoms with Gasteiger partial charge in [-0.15, -0.1) is 0 Å². The minimum Gasteiger partial charge on any atom is -0.312 e. The summed E-state index contributed by atoms with van der Waals surface area (Å²) in [5, 5.41) is 3.80. The van der Waals surface area contributed by atoms with Gasteiger partial charge in [0, 0.05) is 18.6 Å². The Hall–Kier alpha value is -0.340. The lowest BCUT2D eigenvalue weighted by atomic mass is 10.1. The van der Waals surface area contributed by atoms with E-state index in [0.717, 1.165) is 12.1 Å². The summed E-state index contributed by atoms with van der Waals surface area (Å²) in [6.45, 7) is 3.90. The van der Waals surface area contributed by atoms with E-state index < -0.39 is 0 Å². The van der Waals surface area contributed by atoms with Crippen molar-refractivity contribution >= 4 is 0 Å². The average Bonchev–Trinajstić information content (AvgIpc) is 2.95. The molecule has 2 fully saturated rings. The van der Waals surface area contributed by atoms with Gasteiger partial charge in [0.25, 0.3) is 0 Å². The second-order valence-electron chi connectivity index (χ2n) is 5.60. The molecule has 3 rings (SSSR count). The second-order valence-corrected chi connectivity index (χ2v) is 5.60. The van der Waals surface area contributed by atoms with Gasteiger partial charge in [-0.1, -0.05) is 11.6 Å². The molecular formula is C14H24N2. The van der Waals surface area contributed by atoms with E-state index in [-0.39, 0.29) is 0 Å². The van der Waals surface area contributed by atoms with Crippen molar-refractivity contribution in [1.82, 2.24) is 10.2 Å². The molecule has 2 saturated heterocycles. The van der Waals surface area contributed by atoms with Crippen LogP contribution in [0, 0.1) is 0 Å². The Kier molecular flexibility index (Phi) is 3.30. The minimum absolute atomic E-state index is 0.796. The lowest BCUT2D eigenvalue weighted by Gasteiger charge is -2.21. The molecule has 0 saturated carbocycles. The maximum atomic E-state index is 3.80. The van der Waals surface area contributed by atoms with Gasteiger partial charge in [-0.3, -0.25) is 4.90 Å². The van der Waals surface area contributed by atoms with Crippen LogP contribution in [0.25, 0.3) is 0 Å². The quantitative estimate of drug-likeness (QED) is 0.731. The summed E-state index contributed by atoms with van der Waals surface area (Å²) < 4.78 is 0. The van der Waals surface area contributed by atoms with Crippen LogP contribution in [-0.2, 0) is 0 Å². The Morgan fingerprint density at radius 3 is 3.12 bits per heavy atom. The predicted molar refractivity (Wildman–Crippen MR) is 67.6 cm³/mol. The van der Waals surface area contributed by atoms with Crippen molar-refractivity contribution in [1.29, 1.82) is 0 Å². The standard InChI is InChI=1S/C14H24N2/c1-2-5-12(4-1)7-9-15-13-8-11-16-10-3-6-14(13)16/h4,13-15H,1-3,5-11H2. The van der Waals surface area contributed by atoms with Crippen LogP contribution in [0.3, 0.4) is 0 Å². The molecule has 0 amide bonds. The van der Waals surface area contributed by atoms with Crippen molar-refractivity contribution < 1.29 is 0 Å². The highest BCUT2D eigenvalue weighted by atomic mass is 15.2. The molecule has 2 aliphatic heterocycles. The van der Waals surface area contributed by atoms with Crippen molar-refractivity contribution in [2.75, 3.05) is 19.6 Å². The number of rotatable bonds is 4. The third kappa shape index (κ3) is 2.18. The summed E-state index contributed by atoms with van der Waals surface area (Å²) in [6.07, 6.45) is 12.1. The molecule has 0 spiro atoms. The SMILES string of the molecule is C1=C(CCNC2CCN3CCCC23)CCC1. The fourth-order valence-corrected chi connectivity index (χ4v) is 3.70. The Bertz CT molecular complexity index is 272. The van der Waals surface area contributed by atoms with Crippen molar-refractivity contribution in [3.05, 3.63) is 11.6 Å². The predicted octanol–water partition coefficient (Wildman–Crippen LogP) is 2.31. The molecule has 16 heavy (non-hydrogen) atoms. The van der Waals surface area contributed by atoms with Crippen LogP contribution in [-0.4, -0.2) is 36.6 Å². The number of nitrogens with zero attached hydrogens (tertiary/aromatic N) is 1. The van der Waals surface area contributed by atoms with Gasteiger partial charge in [-0.05, 0) is 58.0 Å². The third-order valence-electron chi connectivity index (χ3n) is 4.59. The number of hydrogen-bond donors (Lipinski definition) is 1. The molecular weight excluding hydrogens is 196 g/mol. The van der Waals surface area contributed by atoms with E-state index in [9.17, 15) is 0 Å². The van der Waals surface area contributed by atoms with Crippen molar-refractivity contribution in [3.8, 4) is 0 Å². The Labute approximate surface area is 99.1 Å². The van der Waals surface area contributed by atoms with Gasteiger partial charge in [0.1, 0.15) is 0 Å². The molecule has 2 unspecified atom stereocenters. The zero-order chi connectivity index (χ0) is 10.8. The summed E-state index contributed by atoms with van der Waals surface area (Å²) in [7, 11) is 0. The highest BCUT2D eigenvalue weighted by Gasteiger charge is 2.36. The van der Waals surface area contributed by atoms with Crippen molar-refractivity contribution in [3.63, 3.8) is 0 Å². The highest BCUT2D eigenvalue weighted by Crippen LogP contribution is 2.28. The van der Waals surface area contributed by atoms with Gasteiger partial charge in [0.05, 0.1) is 0 Å². The molecule has 2 atom stereocenters. The molecule has 2 heterocycles. The second kappa shape index (κ2) is 4.89. The molecule has 0 aromatic heterocycles. The third-order valence-corrected chi connectivity index (χ3v) is 4.59. The van der Waals surface area contributed by atoms with Gasteiger partial charge < -0.3 is 5.32 Å². The average molecular weight is 220 g/mol. The Morgan fingerprint density at radius 2 is 2.25 bits per heavy atom. The summed E-state index contributed by atoms with van der Waals surface area (Å²) in [5.74, 6) is 0. The van der Waals surface area contributed by atoms with Crippen molar-refractivity contribution in [2.45, 2.75) is 57.0 Å². The Balaban J connectivity index is 1.41. The van der Waals surface area contributed by atoms with Crippen LogP contribution in [0.5, 0.6) is 0 Å². The zero-order valence-electron chi connectivity index (χ0n) is 10.3. The normalized spacial score (nSPS) is 34.4. The van der Waals surface area contributed by atoms with Gasteiger partial charge in [-0.25, -0.2) is 0 Å². The van der Waals surface area contributed by atoms with E-state index in [2.05, 4.69) is 16.3 Å². The topological polar surface area (TPSA) is 15.3 Å². The monoisotopic (exact) mass is 220 g/mol. The van der Waals surface area contributed by atoms with Crippen LogP contribution < -0.4 is 5.32 Å². The smallest absolute Gasteiger partial charge is 0.0250 e. The lowest BCUT2D eigenvalue weighted by molar-refractivity contribution is 0.299. The maximum absolute atomic E-state index is 3.80. The van der Waals surface area contributed by atoms with E-state index in [1.807, 2.05) is 0 Å². The Morgan fingerprint density at radius 1 is 1.25 bits per heavy atom. The summed E-state index contributed by atoms with van der Waals surface area (Å²) in [6, 6.07) is 1.67. The molecule has 0 bridgehead atoms. The van der Waals surface area contributed by atoms with E-state index in [1.165, 1.54) is 64.6 Å². The first-order valence-corrected chi connectivity index (χ1v) is 7.09. The molecule has 2 nitrogen and oxygen atoms in total. The largest absolute Gasteiger partial charge is 0.312 e. The van der Waals surface area contributed by atoms with Crippen molar-refractivity contribution in [2.24, 2.45) is 0 Å². The van der Waals surface area contributed by atoms with E-state index in [1.54, 1.807) is 5.57 Å². The minimum atomic E-state index is 0.796. The molecule has 0 aromatic carbocycles. The van der Waals surface area contributed by atoms with Gasteiger partial charge in [-0.2, -0.15) is 0 Å². The van der Waals surface area contributed by atoms with Crippen LogP contribution in [0.4, 0.5) is 0 Å². The number of hydrogen-bond acceptors (Lipinski definition) is 2. The molecule has 1 N–H and O–H groups in total. The number of fused-ring (bicyclic) bond motifs is 1. The van der Waals surface area contributed by atoms with Crippen LogP contribution in [0.2, 0.25) is 0 Å². The summed E-state index contributed by atoms with van der Waals surface area (Å²) in [5.41, 5.74) is 1.70. The van der Waals surface area contributed by atoms with E-state index in [0.29, 0.717) is 0 Å².